The first-order valence-corrected chi connectivity index (χ1v) is 12.9. The summed E-state index contributed by atoms with van der Waals surface area (Å²) < 4.78 is 0. The number of H-pyrrole nitrogens is 1. The molecule has 11 nitrogen and oxygen atoms in total. The van der Waals surface area contributed by atoms with E-state index in [1.54, 1.807) is 45.4 Å². The number of hydrogen-bond acceptors (Lipinski definition) is 9. The smallest absolute Gasteiger partial charge is 0.255 e. The number of nitrogens with one attached hydrogen (secondary N) is 1. The molecule has 3 aliphatic carbocycles. The highest BCUT2D eigenvalue weighted by molar-refractivity contribution is 6.25. The number of nitrogens with zero attached hydrogens (tertiary/aromatic N) is 2. The average molecular weight is 551 g/mol. The summed E-state index contributed by atoms with van der Waals surface area (Å²) in [7, 11) is 6.80. The minimum atomic E-state index is -2.75. The summed E-state index contributed by atoms with van der Waals surface area (Å²) in [6.45, 7) is 3.27. The Hall–Kier alpha value is -4.09. The molecule has 0 spiro atoms. The summed E-state index contributed by atoms with van der Waals surface area (Å²) in [6, 6.07) is 4.12. The molecule has 2 aromatic rings. The number of aromatic nitrogens is 1. The zero-order valence-corrected chi connectivity index (χ0v) is 23.3. The lowest BCUT2D eigenvalue weighted by Crippen LogP contribution is -2.72. The third-order valence-electron chi connectivity index (χ3n) is 8.98. The second-order valence-corrected chi connectivity index (χ2v) is 12.0. The molecule has 0 aliphatic heterocycles. The van der Waals surface area contributed by atoms with Crippen LogP contribution >= 0.6 is 0 Å². The highest BCUT2D eigenvalue weighted by Crippen LogP contribution is 2.63. The summed E-state index contributed by atoms with van der Waals surface area (Å²) in [4.78, 5) is 46.6. The number of carbonyl (C=O) groups excluding carboxylic acids is 3. The van der Waals surface area contributed by atoms with E-state index in [4.69, 9.17) is 5.73 Å². The number of fused-ring (bicyclic) bond motifs is 3. The molecular weight excluding hydrogens is 516 g/mol. The topological polar surface area (TPSA) is 180 Å². The molecule has 4 atom stereocenters. The van der Waals surface area contributed by atoms with Crippen LogP contribution in [-0.2, 0) is 20.8 Å². The highest BCUT2D eigenvalue weighted by atomic mass is 16.3. The number of aromatic amines is 1. The molecule has 1 aromatic carbocycles. The number of likely N-dealkylation sites (N-methyl/N-ethyl adjacent to an activating group) is 1. The van der Waals surface area contributed by atoms with Crippen molar-refractivity contribution < 1.29 is 34.8 Å². The zero-order chi connectivity index (χ0) is 29.7. The van der Waals surface area contributed by atoms with Crippen LogP contribution in [0.3, 0.4) is 0 Å². The number of hydrogen-bond donors (Lipinski definition) is 6. The predicted octanol–water partition coefficient (Wildman–Crippen LogP) is 1.81. The van der Waals surface area contributed by atoms with E-state index in [0.717, 1.165) is 0 Å². The van der Waals surface area contributed by atoms with E-state index >= 15 is 0 Å². The van der Waals surface area contributed by atoms with Gasteiger partial charge in [0.05, 0.1) is 11.6 Å². The Morgan fingerprint density at radius 3 is 2.30 bits per heavy atom. The Balaban J connectivity index is 1.86. The van der Waals surface area contributed by atoms with Crippen LogP contribution in [0, 0.1) is 10.8 Å². The number of nitrogens with two attached hydrogens (primary N) is 1. The minimum absolute atomic E-state index is 0.0300. The quantitative estimate of drug-likeness (QED) is 0.309. The van der Waals surface area contributed by atoms with Crippen molar-refractivity contribution in [2.45, 2.75) is 38.3 Å². The van der Waals surface area contributed by atoms with E-state index in [0.29, 0.717) is 22.5 Å². The number of amides is 1. The first-order chi connectivity index (χ1) is 18.5. The summed E-state index contributed by atoms with van der Waals surface area (Å²) in [5.74, 6) is -5.05. The number of ketones is 2. The molecule has 5 rings (SSSR count). The molecule has 0 radical (unpaired) electrons. The molecule has 1 aromatic heterocycles. The third-order valence-corrected chi connectivity index (χ3v) is 8.98. The second-order valence-electron chi connectivity index (χ2n) is 12.0. The van der Waals surface area contributed by atoms with E-state index in [1.807, 2.05) is 19.0 Å². The van der Waals surface area contributed by atoms with Gasteiger partial charge in [-0.05, 0) is 50.7 Å². The van der Waals surface area contributed by atoms with Crippen LogP contribution in [-0.4, -0.2) is 87.6 Å². The van der Waals surface area contributed by atoms with E-state index in [-0.39, 0.29) is 29.7 Å². The normalized spacial score (nSPS) is 29.9. The van der Waals surface area contributed by atoms with Gasteiger partial charge < -0.3 is 36.0 Å². The van der Waals surface area contributed by atoms with Gasteiger partial charge in [-0.25, -0.2) is 0 Å². The lowest BCUT2D eigenvalue weighted by atomic mass is 9.46. The van der Waals surface area contributed by atoms with Gasteiger partial charge in [-0.3, -0.25) is 19.3 Å². The Bertz CT molecular complexity index is 1550. The van der Waals surface area contributed by atoms with Crippen molar-refractivity contribution in [3.05, 3.63) is 52.4 Å². The summed E-state index contributed by atoms with van der Waals surface area (Å²) >= 11 is 0. The van der Waals surface area contributed by atoms with Crippen LogP contribution in [0.4, 0.5) is 5.69 Å². The first-order valence-electron chi connectivity index (χ1n) is 12.9. The van der Waals surface area contributed by atoms with Crippen molar-refractivity contribution in [1.82, 2.24) is 9.88 Å². The molecule has 7 N–H and O–H groups in total. The number of rotatable bonds is 4. The molecule has 40 heavy (non-hydrogen) atoms. The Morgan fingerprint density at radius 2 is 1.77 bits per heavy atom. The SMILES string of the molecule is CN(C)c1cc(-c2ccc[nH]2)c(O)c2c1C[C@@]1(C)C[C@@]3(C)[C@H](N(C)C)C(=O)C(C(N)=O)=C(O)[C@@]3(O)C(=O)C1=C2O. The number of phenols is 1. The molecule has 1 heterocycles. The summed E-state index contributed by atoms with van der Waals surface area (Å²) in [5.41, 5.74) is 1.19. The third kappa shape index (κ3) is 3.21. The van der Waals surface area contributed by atoms with E-state index in [1.165, 1.54) is 11.8 Å². The van der Waals surface area contributed by atoms with Crippen LogP contribution in [0.5, 0.6) is 5.75 Å². The molecule has 3 aliphatic rings. The zero-order valence-electron chi connectivity index (χ0n) is 23.3. The van der Waals surface area contributed by atoms with Crippen molar-refractivity contribution in [3.8, 4) is 17.0 Å². The van der Waals surface area contributed by atoms with E-state index in [2.05, 4.69) is 4.98 Å². The van der Waals surface area contributed by atoms with Crippen molar-refractivity contribution >= 4 is 28.9 Å². The maximum atomic E-state index is 14.4. The van der Waals surface area contributed by atoms with Crippen LogP contribution in [0.2, 0.25) is 0 Å². The standard InChI is InChI=1S/C29H34N4O7/c1-27-11-14-16(32(3)4)10-13(15-8-7-9-31-15)20(34)17(14)21(35)19(27)25(38)29(40)24(37)18(26(30)39)22(36)23(33(5)6)28(29,2)12-27/h7-10,23,31,34-35,37,40H,11-12H2,1-6H3,(H2,30,39)/t23-,27+,28+,29-/m1/s1. The molecule has 1 fully saturated rings. The molecule has 1 saturated carbocycles. The Labute approximate surface area is 231 Å². The van der Waals surface area contributed by atoms with Crippen molar-refractivity contribution in [1.29, 1.82) is 0 Å². The number of aliphatic hydroxyl groups excluding tert-OH is 2. The lowest BCUT2D eigenvalue weighted by molar-refractivity contribution is -0.175. The average Bonchev–Trinajstić information content (AvgIpc) is 3.35. The minimum Gasteiger partial charge on any atom is -0.508 e. The predicted molar refractivity (Wildman–Crippen MR) is 148 cm³/mol. The van der Waals surface area contributed by atoms with Crippen LogP contribution in [0.1, 0.15) is 31.4 Å². The molecular formula is C29H34N4O7. The Kier molecular flexibility index (Phi) is 5.81. The molecule has 0 saturated heterocycles. The van der Waals surface area contributed by atoms with E-state index in [9.17, 15) is 34.8 Å². The van der Waals surface area contributed by atoms with Crippen molar-refractivity contribution in [2.24, 2.45) is 16.6 Å². The second kappa shape index (κ2) is 8.45. The molecule has 0 unspecified atom stereocenters. The van der Waals surface area contributed by atoms with Gasteiger partial charge in [0.2, 0.25) is 5.78 Å². The van der Waals surface area contributed by atoms with Crippen molar-refractivity contribution in [2.75, 3.05) is 33.1 Å². The van der Waals surface area contributed by atoms with Crippen LogP contribution < -0.4 is 10.6 Å². The molecule has 11 heteroatoms. The number of Topliss-reactive ketones (excluding diaryl/α,β-unsaturated/α-hetero) is 2. The highest BCUT2D eigenvalue weighted by Gasteiger charge is 2.72. The van der Waals surface area contributed by atoms with Gasteiger partial charge in [0.1, 0.15) is 22.8 Å². The molecule has 0 bridgehead atoms. The van der Waals surface area contributed by atoms with Gasteiger partial charge in [-0.15, -0.1) is 0 Å². The van der Waals surface area contributed by atoms with Gasteiger partial charge in [0.25, 0.3) is 5.91 Å². The molecule has 212 valence electrons. The maximum absolute atomic E-state index is 14.4. The molecule has 1 amide bonds. The Morgan fingerprint density at radius 1 is 1.12 bits per heavy atom. The summed E-state index contributed by atoms with van der Waals surface area (Å²) in [6.07, 6.45) is 1.83. The fourth-order valence-electron chi connectivity index (χ4n) is 7.47. The largest absolute Gasteiger partial charge is 0.508 e. The number of carbonyl (C=O) groups is 3. The van der Waals surface area contributed by atoms with Gasteiger partial charge in [-0.1, -0.05) is 13.8 Å². The monoisotopic (exact) mass is 550 g/mol. The van der Waals surface area contributed by atoms with Gasteiger partial charge in [0, 0.05) is 53.6 Å². The number of primary amides is 1. The first kappa shape index (κ1) is 27.5. The lowest BCUT2D eigenvalue weighted by Gasteiger charge is -2.59. The van der Waals surface area contributed by atoms with Gasteiger partial charge >= 0.3 is 0 Å². The number of aliphatic hydroxyl groups is 3. The van der Waals surface area contributed by atoms with Gasteiger partial charge in [-0.2, -0.15) is 0 Å². The maximum Gasteiger partial charge on any atom is 0.255 e. The fourth-order valence-corrected chi connectivity index (χ4v) is 7.47. The fraction of sp³-hybridized carbons (Fsp3) is 0.414. The van der Waals surface area contributed by atoms with Crippen LogP contribution in [0.15, 0.2) is 41.3 Å². The van der Waals surface area contributed by atoms with Crippen molar-refractivity contribution in [3.63, 3.8) is 0 Å². The number of anilines is 1. The summed E-state index contributed by atoms with van der Waals surface area (Å²) in [5, 5.41) is 46.5. The van der Waals surface area contributed by atoms with Crippen LogP contribution in [0.25, 0.3) is 17.0 Å². The van der Waals surface area contributed by atoms with Gasteiger partial charge in [0.15, 0.2) is 11.4 Å². The van der Waals surface area contributed by atoms with E-state index < -0.39 is 57.0 Å². The number of aromatic hydroxyl groups is 1. The number of benzene rings is 1. The number of phenolic OH excluding ortho intramolecular Hbond substituents is 1.